The van der Waals surface area contributed by atoms with E-state index in [1.165, 1.54) is 33.8 Å². The Labute approximate surface area is 788 Å². The van der Waals surface area contributed by atoms with Gasteiger partial charge in [0.15, 0.2) is 23.0 Å². The van der Waals surface area contributed by atoms with Gasteiger partial charge < -0.3 is 52.1 Å². The maximum atomic E-state index is 8.75. The first-order valence-corrected chi connectivity index (χ1v) is 47.0. The molecule has 0 fully saturated rings. The molecule has 0 radical (unpaired) electrons. The molecule has 0 amide bonds. The lowest BCUT2D eigenvalue weighted by Gasteiger charge is -2.29. The summed E-state index contributed by atoms with van der Waals surface area (Å²) in [5, 5.41) is 12.1. The SMILES string of the molecule is CC(C)C1CCc2ccccc2O1.CC(C)COc1ccc(Cl)cc1.CC(C)COc1ccc(Cl)cc1Cl.CC(C)COc1cccc(Cl)c1.CC(C)COc1ccccc1C#N.CC(C)COc1ccccc1Cl.CC(C)CSc1ccccc1.COc1cccc2c1OC(C(C)C)CC2.COc1ccccc1OCC(C)C.Cc1cccc(OCC(C)C)c1. The van der Waals surface area contributed by atoms with Gasteiger partial charge in [-0.15, -0.1) is 11.8 Å². The number of halogens is 5. The molecule has 2 atom stereocenters. The van der Waals surface area contributed by atoms with Crippen LogP contribution < -0.4 is 52.1 Å². The average Bonchev–Trinajstić information content (AvgIpc) is 0.814. The fourth-order valence-electron chi connectivity index (χ4n) is 10.8. The van der Waals surface area contributed by atoms with E-state index in [-0.39, 0.29) is 0 Å². The molecule has 0 aromatic heterocycles. The lowest BCUT2D eigenvalue weighted by atomic mass is 9.95. The van der Waals surface area contributed by atoms with Gasteiger partial charge in [-0.25, -0.2) is 0 Å². The van der Waals surface area contributed by atoms with Crippen LogP contribution in [0.3, 0.4) is 0 Å². The number of thioether (sulfide) groups is 1. The highest BCUT2D eigenvalue weighted by atomic mass is 35.5. The highest BCUT2D eigenvalue weighted by Crippen LogP contribution is 2.39. The highest BCUT2D eigenvalue weighted by Gasteiger charge is 2.25. The molecule has 2 heterocycles. The molecule has 2 unspecified atom stereocenters. The number of benzene rings is 10. The Morgan fingerprint density at radius 2 is 0.746 bits per heavy atom. The van der Waals surface area contributed by atoms with Gasteiger partial charge in [-0.2, -0.15) is 5.26 Å². The van der Waals surface area contributed by atoms with Crippen LogP contribution in [0.4, 0.5) is 0 Å². The minimum absolute atomic E-state index is 0.328. The Balaban J connectivity index is 0.000000362. The molecule has 12 rings (SSSR count). The minimum Gasteiger partial charge on any atom is -0.493 e. The van der Waals surface area contributed by atoms with E-state index in [2.05, 4.69) is 218 Å². The molecular weight excluding hydrogens is 1700 g/mol. The summed E-state index contributed by atoms with van der Waals surface area (Å²) >= 11 is 31.0. The van der Waals surface area contributed by atoms with Gasteiger partial charge in [0.25, 0.3) is 0 Å². The van der Waals surface area contributed by atoms with Gasteiger partial charge in [0.2, 0.25) is 0 Å². The number of methoxy groups -OCH3 is 2. The fraction of sp³-hybridized carbons (Fsp3) is 0.435. The highest BCUT2D eigenvalue weighted by molar-refractivity contribution is 7.99. The maximum Gasteiger partial charge on any atom is 0.164 e. The Morgan fingerprint density at radius 1 is 0.341 bits per heavy atom. The molecule has 688 valence electrons. The number of hydrogen-bond donors (Lipinski definition) is 0. The van der Waals surface area contributed by atoms with Crippen molar-refractivity contribution in [1.29, 1.82) is 5.26 Å². The predicted octanol–water partition coefficient (Wildman–Crippen LogP) is 32.0. The summed E-state index contributed by atoms with van der Waals surface area (Å²) in [4.78, 5) is 1.38. The normalized spacial score (nSPS) is 12.5. The van der Waals surface area contributed by atoms with Crippen LogP contribution in [0.15, 0.2) is 241 Å². The third-order valence-corrected chi connectivity index (χ3v) is 20.2. The molecule has 12 nitrogen and oxygen atoms in total. The zero-order chi connectivity index (χ0) is 93.3. The van der Waals surface area contributed by atoms with E-state index < -0.39 is 0 Å². The molecule has 10 aromatic carbocycles. The van der Waals surface area contributed by atoms with Crippen LogP contribution in [0, 0.1) is 77.4 Å². The van der Waals surface area contributed by atoms with Crippen molar-refractivity contribution >= 4 is 69.8 Å². The van der Waals surface area contributed by atoms with Crippen LogP contribution in [-0.2, 0) is 12.8 Å². The molecule has 0 saturated carbocycles. The number of aryl methyl sites for hydroxylation is 3. The maximum absolute atomic E-state index is 8.75. The van der Waals surface area contributed by atoms with Crippen LogP contribution in [0.2, 0.25) is 25.1 Å². The fourth-order valence-corrected chi connectivity index (χ4v) is 12.6. The van der Waals surface area contributed by atoms with Crippen molar-refractivity contribution in [2.75, 3.05) is 66.2 Å². The smallest absolute Gasteiger partial charge is 0.164 e. The first kappa shape index (κ1) is 111. The second-order valence-electron chi connectivity index (χ2n) is 34.4. The zero-order valence-corrected chi connectivity index (χ0v) is 83.8. The number of para-hydroxylation sites is 6. The summed E-state index contributed by atoms with van der Waals surface area (Å²) in [5.74, 6) is 16.2. The van der Waals surface area contributed by atoms with Crippen molar-refractivity contribution < 1.29 is 52.1 Å². The summed E-state index contributed by atoms with van der Waals surface area (Å²) in [6.07, 6.45) is 5.27. The van der Waals surface area contributed by atoms with E-state index in [0.29, 0.717) is 117 Å². The summed E-state index contributed by atoms with van der Waals surface area (Å²) < 4.78 is 60.8. The monoisotopic (exact) mass is 1840 g/mol. The number of ether oxygens (including phenoxy) is 11. The zero-order valence-electron chi connectivity index (χ0n) is 79.2. The molecule has 10 aromatic rings. The Bertz CT molecular complexity index is 4450. The molecule has 2 aliphatic heterocycles. The van der Waals surface area contributed by atoms with Crippen LogP contribution in [0.25, 0.3) is 0 Å². The van der Waals surface area contributed by atoms with E-state index >= 15 is 0 Å². The molecule has 0 bridgehead atoms. The second-order valence-corrected chi connectivity index (χ2v) is 37.6. The topological polar surface area (TPSA) is 125 Å². The number of rotatable bonds is 28. The van der Waals surface area contributed by atoms with Gasteiger partial charge in [-0.05, 0) is 242 Å². The van der Waals surface area contributed by atoms with Crippen molar-refractivity contribution in [3.63, 3.8) is 0 Å². The Hall–Kier alpha value is -8.71. The first-order chi connectivity index (χ1) is 60.1. The van der Waals surface area contributed by atoms with Crippen molar-refractivity contribution in [3.8, 4) is 69.3 Å². The lowest BCUT2D eigenvalue weighted by Crippen LogP contribution is -2.27. The van der Waals surface area contributed by atoms with Crippen molar-refractivity contribution in [2.45, 2.75) is 188 Å². The summed E-state index contributed by atoms with van der Waals surface area (Å²) in [6, 6.07) is 77.9. The molecule has 2 aliphatic rings. The third-order valence-electron chi connectivity index (χ3n) is 17.5. The Kier molecular flexibility index (Phi) is 57.4. The van der Waals surface area contributed by atoms with Crippen LogP contribution >= 0.6 is 69.8 Å². The van der Waals surface area contributed by atoms with Crippen LogP contribution in [0.5, 0.6) is 63.2 Å². The van der Waals surface area contributed by atoms with Crippen LogP contribution in [-0.4, -0.2) is 78.4 Å². The first-order valence-electron chi connectivity index (χ1n) is 44.1. The van der Waals surface area contributed by atoms with E-state index in [4.69, 9.17) is 115 Å². The molecule has 126 heavy (non-hydrogen) atoms. The van der Waals surface area contributed by atoms with Crippen molar-refractivity contribution in [2.24, 2.45) is 59.2 Å². The summed E-state index contributed by atoms with van der Waals surface area (Å²) in [7, 11) is 3.34. The molecule has 0 saturated heterocycles. The largest absolute Gasteiger partial charge is 0.493 e. The van der Waals surface area contributed by atoms with E-state index in [0.717, 1.165) is 113 Å². The summed E-state index contributed by atoms with van der Waals surface area (Å²) in [6.45, 7) is 50.0. The van der Waals surface area contributed by atoms with Gasteiger partial charge in [-0.1, -0.05) is 300 Å². The van der Waals surface area contributed by atoms with E-state index in [9.17, 15) is 0 Å². The molecule has 0 N–H and O–H groups in total. The van der Waals surface area contributed by atoms with Gasteiger partial charge in [0.05, 0.1) is 76.1 Å². The standard InChI is InChI=1S/C13H18O2.C12H16O.C11H13NO.C11H16O2.C11H16O.C10H12Cl2O.3C10H13ClO.C10H14S/c1-9(2)11-8-7-10-5-4-6-12(14-3)13(10)15-11;1-9(2)11-8-7-10-5-3-4-6-12(10)13-11;1-9(2)8-13-11-6-4-3-5-10(11)7-12;1-9(2)8-13-11-7-5-4-6-10(11)12-3;1-9(2)8-12-11-6-4-5-10(3)7-11;1-7(2)6-13-10-4-3-8(11)5-9(10)12;1-8(2)7-12-10-5-3-9(11)4-6-10;1-8(2)7-12-10-5-3-4-9(11)6-10;1-8(2)7-12-10-6-4-3-5-9(10)11;1-9(2)8-11-10-6-4-3-5-7-10/h4-6,9,11H,7-8H2,1-3H3;3-6,9,11H,7-8H2,1-2H3;3-6,9H,8H2,1-2H3;4-7,9H,8H2,1-3H3;4-7,9H,8H2,1-3H3;3-5,7H,6H2,1-2H3;3*3-6,8H,7H2,1-2H3;3-7,9H,8H2,1-2H3. The minimum atomic E-state index is 0.328. The average molecular weight is 1840 g/mol. The van der Waals surface area contributed by atoms with Crippen molar-refractivity contribution in [1.82, 2.24) is 0 Å². The van der Waals surface area contributed by atoms with E-state index in [1.54, 1.807) is 38.5 Å². The van der Waals surface area contributed by atoms with Gasteiger partial charge in [0, 0.05) is 25.7 Å². The predicted molar refractivity (Wildman–Crippen MR) is 535 cm³/mol. The third kappa shape index (κ3) is 50.7. The quantitative estimate of drug-likeness (QED) is 0.0432. The number of nitrogens with zero attached hydrogens (tertiary/aromatic N) is 1. The number of hydrogen-bond acceptors (Lipinski definition) is 13. The molecule has 18 heteroatoms. The Morgan fingerprint density at radius 3 is 1.25 bits per heavy atom. The number of nitriles is 1. The lowest BCUT2D eigenvalue weighted by molar-refractivity contribution is 0.122. The van der Waals surface area contributed by atoms with Gasteiger partial charge in [-0.3, -0.25) is 0 Å². The molecule has 0 spiro atoms. The van der Waals surface area contributed by atoms with Crippen LogP contribution in [0.1, 0.15) is 174 Å². The number of fused-ring (bicyclic) bond motifs is 2. The van der Waals surface area contributed by atoms with Gasteiger partial charge in [0.1, 0.15) is 58.5 Å². The molecule has 0 aliphatic carbocycles. The van der Waals surface area contributed by atoms with Gasteiger partial charge >= 0.3 is 0 Å². The summed E-state index contributed by atoms with van der Waals surface area (Å²) in [5.41, 5.74) is 4.48. The van der Waals surface area contributed by atoms with Crippen molar-refractivity contribution in [3.05, 3.63) is 284 Å². The molecular formula is C108H144Cl5NO11S. The van der Waals surface area contributed by atoms with E-state index in [1.807, 2.05) is 157 Å². The second kappa shape index (κ2) is 64.9.